The lowest BCUT2D eigenvalue weighted by molar-refractivity contribution is 0.0226. The van der Waals surface area contributed by atoms with Gasteiger partial charge in [-0.15, -0.1) is 0 Å². The van der Waals surface area contributed by atoms with Crippen LogP contribution in [0.15, 0.2) is 28.7 Å². The van der Waals surface area contributed by atoms with Crippen LogP contribution in [0.1, 0.15) is 6.42 Å². The van der Waals surface area contributed by atoms with Gasteiger partial charge in [-0.1, -0.05) is 22.0 Å². The van der Waals surface area contributed by atoms with Gasteiger partial charge in [0.25, 0.3) is 0 Å². The van der Waals surface area contributed by atoms with Gasteiger partial charge in [-0.05, 0) is 18.2 Å². The van der Waals surface area contributed by atoms with Crippen molar-refractivity contribution in [3.63, 3.8) is 0 Å². The van der Waals surface area contributed by atoms with Crippen molar-refractivity contribution in [1.82, 2.24) is 5.32 Å². The molecule has 20 heavy (non-hydrogen) atoms. The third-order valence-electron chi connectivity index (χ3n) is 3.15. The maximum Gasteiger partial charge on any atom is 0.120 e. The van der Waals surface area contributed by atoms with Gasteiger partial charge in [0.1, 0.15) is 24.1 Å². The van der Waals surface area contributed by atoms with E-state index >= 15 is 0 Å². The summed E-state index contributed by atoms with van der Waals surface area (Å²) in [6, 6.07) is 7.47. The first-order valence-corrected chi connectivity index (χ1v) is 7.44. The Labute approximate surface area is 127 Å². The molecule has 3 N–H and O–H groups in total. The molecule has 1 aliphatic rings. The van der Waals surface area contributed by atoms with Crippen LogP contribution in [0.5, 0.6) is 5.75 Å². The van der Waals surface area contributed by atoms with Crippen molar-refractivity contribution in [2.75, 3.05) is 32.9 Å². The Morgan fingerprint density at radius 2 is 2.35 bits per heavy atom. The van der Waals surface area contributed by atoms with Crippen LogP contribution in [0.4, 0.5) is 0 Å². The molecule has 0 radical (unpaired) electrons. The van der Waals surface area contributed by atoms with E-state index in [1.807, 2.05) is 24.3 Å². The SMILES string of the molecule is OC(CNCC1(O)CCOC1)COc1cccc(Br)c1. The smallest absolute Gasteiger partial charge is 0.120 e. The first-order valence-electron chi connectivity index (χ1n) is 6.65. The van der Waals surface area contributed by atoms with Crippen molar-refractivity contribution in [3.8, 4) is 5.75 Å². The molecule has 0 aliphatic carbocycles. The van der Waals surface area contributed by atoms with E-state index in [4.69, 9.17) is 9.47 Å². The Morgan fingerprint density at radius 1 is 1.50 bits per heavy atom. The molecule has 0 bridgehead atoms. The van der Waals surface area contributed by atoms with Crippen LogP contribution in [0.25, 0.3) is 0 Å². The lowest BCUT2D eigenvalue weighted by atomic mass is 10.0. The van der Waals surface area contributed by atoms with Crippen molar-refractivity contribution >= 4 is 15.9 Å². The Kier molecular flexibility index (Phi) is 5.80. The average Bonchev–Trinajstić information content (AvgIpc) is 2.83. The van der Waals surface area contributed by atoms with Crippen LogP contribution in [-0.2, 0) is 4.74 Å². The summed E-state index contributed by atoms with van der Waals surface area (Å²) in [5.74, 6) is 0.709. The summed E-state index contributed by atoms with van der Waals surface area (Å²) >= 11 is 3.36. The Balaban J connectivity index is 1.64. The average molecular weight is 346 g/mol. The highest BCUT2D eigenvalue weighted by Gasteiger charge is 2.31. The molecule has 1 fully saturated rings. The molecule has 1 heterocycles. The fourth-order valence-electron chi connectivity index (χ4n) is 2.02. The van der Waals surface area contributed by atoms with Gasteiger partial charge in [-0.3, -0.25) is 0 Å². The zero-order valence-corrected chi connectivity index (χ0v) is 12.8. The molecule has 1 saturated heterocycles. The highest BCUT2D eigenvalue weighted by molar-refractivity contribution is 9.10. The molecular formula is C14H20BrNO4. The molecule has 0 saturated carbocycles. The molecule has 1 aromatic rings. The molecule has 0 spiro atoms. The van der Waals surface area contributed by atoms with Crippen LogP contribution < -0.4 is 10.1 Å². The van der Waals surface area contributed by atoms with E-state index < -0.39 is 11.7 Å². The maximum absolute atomic E-state index is 10.0. The van der Waals surface area contributed by atoms with E-state index in [0.717, 1.165) is 4.47 Å². The van der Waals surface area contributed by atoms with E-state index in [-0.39, 0.29) is 6.61 Å². The predicted octanol–water partition coefficient (Wildman–Crippen LogP) is 0.930. The Hall–Kier alpha value is -0.660. The minimum Gasteiger partial charge on any atom is -0.491 e. The van der Waals surface area contributed by atoms with Crippen molar-refractivity contribution < 1.29 is 19.7 Å². The number of aliphatic hydroxyl groups is 2. The van der Waals surface area contributed by atoms with Gasteiger partial charge in [0, 0.05) is 30.6 Å². The monoisotopic (exact) mass is 345 g/mol. The first-order chi connectivity index (χ1) is 9.57. The van der Waals surface area contributed by atoms with Gasteiger partial charge < -0.3 is 25.0 Å². The fourth-order valence-corrected chi connectivity index (χ4v) is 2.39. The van der Waals surface area contributed by atoms with Crippen LogP contribution in [-0.4, -0.2) is 54.8 Å². The topological polar surface area (TPSA) is 71.0 Å². The van der Waals surface area contributed by atoms with Crippen LogP contribution in [0.3, 0.4) is 0 Å². The van der Waals surface area contributed by atoms with E-state index in [9.17, 15) is 10.2 Å². The zero-order chi connectivity index (χ0) is 14.4. The van der Waals surface area contributed by atoms with Gasteiger partial charge in [0.05, 0.1) is 6.61 Å². The summed E-state index contributed by atoms with van der Waals surface area (Å²) in [6.45, 7) is 1.94. The van der Waals surface area contributed by atoms with Crippen molar-refractivity contribution in [3.05, 3.63) is 28.7 Å². The zero-order valence-electron chi connectivity index (χ0n) is 11.2. The van der Waals surface area contributed by atoms with E-state index in [0.29, 0.717) is 38.5 Å². The summed E-state index contributed by atoms with van der Waals surface area (Å²) < 4.78 is 11.6. The fraction of sp³-hybridized carbons (Fsp3) is 0.571. The quantitative estimate of drug-likeness (QED) is 0.685. The molecule has 112 valence electrons. The number of hydrogen-bond donors (Lipinski definition) is 3. The normalized spacial score (nSPS) is 23.8. The number of hydrogen-bond acceptors (Lipinski definition) is 5. The predicted molar refractivity (Wildman–Crippen MR) is 78.9 cm³/mol. The maximum atomic E-state index is 10.0. The van der Waals surface area contributed by atoms with Crippen molar-refractivity contribution in [2.24, 2.45) is 0 Å². The lowest BCUT2D eigenvalue weighted by Gasteiger charge is -2.22. The van der Waals surface area contributed by atoms with Crippen molar-refractivity contribution in [2.45, 2.75) is 18.1 Å². The second-order valence-corrected chi connectivity index (χ2v) is 6.00. The molecule has 0 amide bonds. The first kappa shape index (κ1) is 15.7. The lowest BCUT2D eigenvalue weighted by Crippen LogP contribution is -2.44. The summed E-state index contributed by atoms with van der Waals surface area (Å²) in [4.78, 5) is 0. The summed E-state index contributed by atoms with van der Waals surface area (Å²) in [5.41, 5.74) is -0.801. The number of nitrogens with one attached hydrogen (secondary N) is 1. The number of aliphatic hydroxyl groups excluding tert-OH is 1. The molecule has 6 heteroatoms. The minimum atomic E-state index is -0.801. The molecule has 1 aliphatic heterocycles. The molecule has 0 aromatic heterocycles. The van der Waals surface area contributed by atoms with E-state index in [2.05, 4.69) is 21.2 Å². The van der Waals surface area contributed by atoms with Crippen LogP contribution in [0.2, 0.25) is 0 Å². The summed E-state index contributed by atoms with van der Waals surface area (Å²) in [6.07, 6.45) is 0.00451. The molecule has 1 aromatic carbocycles. The highest BCUT2D eigenvalue weighted by atomic mass is 79.9. The van der Waals surface area contributed by atoms with Gasteiger partial charge >= 0.3 is 0 Å². The standard InChI is InChI=1S/C14H20BrNO4/c15-11-2-1-3-13(6-11)20-8-12(17)7-16-9-14(18)4-5-19-10-14/h1-3,6,12,16-18H,4-5,7-10H2. The van der Waals surface area contributed by atoms with Crippen LogP contribution >= 0.6 is 15.9 Å². The molecular weight excluding hydrogens is 326 g/mol. The third kappa shape index (κ3) is 5.03. The van der Waals surface area contributed by atoms with Gasteiger partial charge in [-0.2, -0.15) is 0 Å². The molecule has 2 rings (SSSR count). The summed E-state index contributed by atoms with van der Waals surface area (Å²) in [7, 11) is 0. The molecule has 2 unspecified atom stereocenters. The second-order valence-electron chi connectivity index (χ2n) is 5.08. The third-order valence-corrected chi connectivity index (χ3v) is 3.65. The Bertz CT molecular complexity index is 423. The van der Waals surface area contributed by atoms with Crippen molar-refractivity contribution in [1.29, 1.82) is 0 Å². The van der Waals surface area contributed by atoms with E-state index in [1.165, 1.54) is 0 Å². The molecule has 2 atom stereocenters. The number of ether oxygens (including phenoxy) is 2. The van der Waals surface area contributed by atoms with Gasteiger partial charge in [0.15, 0.2) is 0 Å². The summed E-state index contributed by atoms with van der Waals surface area (Å²) in [5, 5.41) is 22.9. The van der Waals surface area contributed by atoms with Gasteiger partial charge in [0.2, 0.25) is 0 Å². The number of halogens is 1. The van der Waals surface area contributed by atoms with Gasteiger partial charge in [-0.25, -0.2) is 0 Å². The molecule has 5 nitrogen and oxygen atoms in total. The highest BCUT2D eigenvalue weighted by Crippen LogP contribution is 2.18. The largest absolute Gasteiger partial charge is 0.491 e. The number of benzene rings is 1. The number of rotatable bonds is 7. The van der Waals surface area contributed by atoms with E-state index in [1.54, 1.807) is 0 Å². The Morgan fingerprint density at radius 3 is 3.05 bits per heavy atom. The van der Waals surface area contributed by atoms with Crippen LogP contribution in [0, 0.1) is 0 Å². The second kappa shape index (κ2) is 7.38. The minimum absolute atomic E-state index is 0.207.